The predicted octanol–water partition coefficient (Wildman–Crippen LogP) is 15.6. The Morgan fingerprint density at radius 1 is 0.398 bits per heavy atom. The molecule has 0 bridgehead atoms. The monoisotopic (exact) mass is 1320 g/mol. The summed E-state index contributed by atoms with van der Waals surface area (Å²) in [6.07, 6.45) is 22.1. The number of ether oxygens (including phenoxy) is 2. The zero-order chi connectivity index (χ0) is 69.7. The van der Waals surface area contributed by atoms with Crippen molar-refractivity contribution in [2.75, 3.05) is 14.2 Å². The summed E-state index contributed by atoms with van der Waals surface area (Å²) >= 11 is 0. The minimum absolute atomic E-state index is 0.284. The molecule has 0 radical (unpaired) electrons. The normalized spacial score (nSPS) is 19.9. The maximum absolute atomic E-state index is 14.2. The van der Waals surface area contributed by atoms with Crippen LogP contribution in [0.15, 0.2) is 194 Å². The Bertz CT molecular complexity index is 4770. The number of hydroxylamine groups is 1. The molecule has 19 heteroatoms. The van der Waals surface area contributed by atoms with Crippen LogP contribution in [0.4, 0.5) is 17.6 Å². The smallest absolute Gasteiger partial charge is 0.320 e. The number of amides is 1. The lowest BCUT2D eigenvalue weighted by Gasteiger charge is -2.27. The van der Waals surface area contributed by atoms with Gasteiger partial charge in [-0.15, -0.1) is 0 Å². The van der Waals surface area contributed by atoms with E-state index >= 15 is 0 Å². The Balaban J connectivity index is 0.000000134. The fourth-order valence-electron chi connectivity index (χ4n) is 14.3. The number of aromatic nitrogens is 6. The molecule has 3 N–H and O–H groups in total. The van der Waals surface area contributed by atoms with E-state index in [9.17, 15) is 47.1 Å². The first-order chi connectivity index (χ1) is 47.1. The van der Waals surface area contributed by atoms with Crippen LogP contribution in [0.5, 0.6) is 0 Å². The van der Waals surface area contributed by atoms with Crippen molar-refractivity contribution in [2.24, 2.45) is 0 Å². The highest BCUT2D eigenvalue weighted by Crippen LogP contribution is 2.49. The molecule has 10 aromatic rings. The molecule has 15 nitrogen and oxygen atoms in total. The zero-order valence-corrected chi connectivity index (χ0v) is 55.1. The topological polar surface area (TPSA) is 217 Å². The Morgan fingerprint density at radius 3 is 1.03 bits per heavy atom. The van der Waals surface area contributed by atoms with Gasteiger partial charge >= 0.3 is 17.9 Å². The number of halogens is 4. The number of aliphatic carboxylic acids is 1. The molecule has 4 aliphatic rings. The lowest BCUT2D eigenvalue weighted by atomic mass is 9.77. The first kappa shape index (κ1) is 68.5. The summed E-state index contributed by atoms with van der Waals surface area (Å²) < 4.78 is 66.1. The summed E-state index contributed by atoms with van der Waals surface area (Å²) in [4.78, 5) is 75.6. The number of carbonyl (C=O) groups excluding carboxylic acids is 3. The lowest BCUT2D eigenvalue weighted by molar-refractivity contribution is -0.146. The van der Waals surface area contributed by atoms with Gasteiger partial charge < -0.3 is 14.6 Å². The minimum Gasteiger partial charge on any atom is -0.480 e. The molecule has 3 heterocycles. The fraction of sp³-hybridized carbons (Fsp3) is 0.241. The van der Waals surface area contributed by atoms with E-state index in [-0.39, 0.29) is 35.2 Å². The average Bonchev–Trinajstić information content (AvgIpc) is 1.59. The van der Waals surface area contributed by atoms with Gasteiger partial charge in [-0.3, -0.25) is 54.3 Å². The van der Waals surface area contributed by atoms with Crippen molar-refractivity contribution in [3.8, 4) is 0 Å². The highest BCUT2D eigenvalue weighted by molar-refractivity contribution is 5.96. The Labute approximate surface area is 563 Å². The van der Waals surface area contributed by atoms with Gasteiger partial charge in [0.1, 0.15) is 39.5 Å². The summed E-state index contributed by atoms with van der Waals surface area (Å²) in [6.45, 7) is 8.67. The number of hydrogen-bond donors (Lipinski definition) is 3. The first-order valence-corrected chi connectivity index (χ1v) is 32.0. The number of methoxy groups -OCH3 is 2. The van der Waals surface area contributed by atoms with Gasteiger partial charge in [-0.2, -0.15) is 0 Å². The van der Waals surface area contributed by atoms with E-state index in [0.29, 0.717) is 89.5 Å². The molecule has 0 spiro atoms. The molecule has 1 amide bonds. The Hall–Kier alpha value is -10.9. The number of fused-ring (bicyclic) bond motifs is 3. The largest absolute Gasteiger partial charge is 0.480 e. The van der Waals surface area contributed by atoms with Crippen LogP contribution in [0.2, 0.25) is 0 Å². The molecule has 3 aromatic heterocycles. The molecule has 7 aromatic carbocycles. The van der Waals surface area contributed by atoms with Crippen molar-refractivity contribution >= 4 is 73.6 Å². The Morgan fingerprint density at radius 2 is 0.694 bits per heavy atom. The van der Waals surface area contributed by atoms with E-state index in [0.717, 1.165) is 78.5 Å². The van der Waals surface area contributed by atoms with E-state index in [1.54, 1.807) is 119 Å². The molecule has 0 aliphatic heterocycles. The van der Waals surface area contributed by atoms with E-state index in [1.807, 2.05) is 85.8 Å². The van der Waals surface area contributed by atoms with Crippen molar-refractivity contribution in [1.29, 1.82) is 0 Å². The van der Waals surface area contributed by atoms with Gasteiger partial charge in [0.05, 0.1) is 52.7 Å². The molecule has 4 aliphatic carbocycles. The third-order valence-corrected chi connectivity index (χ3v) is 19.5. The third-order valence-electron chi connectivity index (χ3n) is 19.5. The number of hydrogen-bond acceptors (Lipinski definition) is 13. The van der Waals surface area contributed by atoms with Crippen LogP contribution in [0.25, 0.3) is 49.8 Å². The second-order valence-electron chi connectivity index (χ2n) is 25.0. The Kier molecular flexibility index (Phi) is 19.9. The van der Waals surface area contributed by atoms with Crippen molar-refractivity contribution in [2.45, 2.75) is 108 Å². The zero-order valence-electron chi connectivity index (χ0n) is 55.1. The van der Waals surface area contributed by atoms with E-state index in [4.69, 9.17) is 9.47 Å². The molecular weight excluding hydrogens is 1250 g/mol. The summed E-state index contributed by atoms with van der Waals surface area (Å²) in [6, 6.07) is 36.4. The van der Waals surface area contributed by atoms with Crippen LogP contribution in [0.3, 0.4) is 0 Å². The van der Waals surface area contributed by atoms with Gasteiger partial charge in [0.15, 0.2) is 0 Å². The van der Waals surface area contributed by atoms with Crippen LogP contribution in [0, 0.1) is 51.0 Å². The van der Waals surface area contributed by atoms with Crippen LogP contribution in [-0.4, -0.2) is 78.3 Å². The molecule has 14 rings (SSSR count). The lowest BCUT2D eigenvalue weighted by Crippen LogP contribution is -2.41. The number of carbonyl (C=O) groups is 4. The molecule has 0 saturated carbocycles. The third kappa shape index (κ3) is 13.0. The summed E-state index contributed by atoms with van der Waals surface area (Å²) in [5.74, 6) is -3.56. The predicted molar refractivity (Wildman–Crippen MR) is 366 cm³/mol. The number of benzene rings is 7. The van der Waals surface area contributed by atoms with E-state index in [1.165, 1.54) is 38.5 Å². The fourth-order valence-corrected chi connectivity index (χ4v) is 14.3. The molecular formula is C79H71F4N7O8. The van der Waals surface area contributed by atoms with Crippen LogP contribution in [-0.2, 0) is 50.3 Å². The average molecular weight is 1320 g/mol. The van der Waals surface area contributed by atoms with Crippen molar-refractivity contribution < 1.29 is 56.5 Å². The maximum Gasteiger partial charge on any atom is 0.320 e. The van der Waals surface area contributed by atoms with Crippen LogP contribution >= 0.6 is 0 Å². The van der Waals surface area contributed by atoms with Gasteiger partial charge in [0.2, 0.25) is 0 Å². The van der Waals surface area contributed by atoms with Gasteiger partial charge in [-0.1, -0.05) is 96.6 Å². The first-order valence-electron chi connectivity index (χ1n) is 32.0. The number of carboxylic acid groups (broad SMARTS) is 1. The standard InChI is InChI=1S/C22H19FN2O2.C21H18FN3O2.C21H17FN2O2.C15H17FO2/c1-14-17(4-3-5-18(14)23)22(21(26)27-2)9-8-16(13-22)15-6-7-19-20(12-15)25-11-10-24-19;1-13-16(3-2-4-17(13)22)21(20(26)25-27)8-7-15(12-21)14-5-6-18-19(11-14)24-10-9-23-18;1-13-16(3-2-4-17(13)22)21(20(25)26)8-7-15(12-21)14-5-6-18-19(11-14)24-10-9-23-18;1-10-7-8-15(9-10,14(17)18-3)12-5-4-6-13(16)11(12)2/h3-7,10-13H,8-9H2,1-2H3;2-6,9-12,27H,7-8H2,1H3,(H,25,26);2-6,9-12H,7-8H2,1H3,(H,25,26);4-6,9H,7-8H2,1-3H3/t22-;2*21-;15-/m0000/s1. The van der Waals surface area contributed by atoms with Gasteiger partial charge in [0, 0.05) is 37.2 Å². The molecule has 0 saturated heterocycles. The molecule has 498 valence electrons. The van der Waals surface area contributed by atoms with Gasteiger partial charge in [0.25, 0.3) is 5.91 Å². The highest BCUT2D eigenvalue weighted by Gasteiger charge is 2.47. The summed E-state index contributed by atoms with van der Waals surface area (Å²) in [5.41, 5.74) is 13.5. The molecule has 98 heavy (non-hydrogen) atoms. The molecule has 0 unspecified atom stereocenters. The number of carboxylic acids is 1. The van der Waals surface area contributed by atoms with Crippen molar-refractivity contribution in [3.63, 3.8) is 0 Å². The number of allylic oxidation sites excluding steroid dienone is 4. The van der Waals surface area contributed by atoms with Crippen molar-refractivity contribution in [3.05, 3.63) is 279 Å². The van der Waals surface area contributed by atoms with Crippen molar-refractivity contribution in [1.82, 2.24) is 35.4 Å². The quantitative estimate of drug-likeness (QED) is 0.0361. The highest BCUT2D eigenvalue weighted by atomic mass is 19.1. The number of nitrogens with zero attached hydrogens (tertiary/aromatic N) is 6. The van der Waals surface area contributed by atoms with Gasteiger partial charge in [-0.05, 0) is 225 Å². The number of esters is 2. The summed E-state index contributed by atoms with van der Waals surface area (Å²) in [5, 5.41) is 19.3. The number of rotatable bonds is 11. The minimum atomic E-state index is -1.21. The van der Waals surface area contributed by atoms with E-state index in [2.05, 4.69) is 29.9 Å². The second kappa shape index (κ2) is 28.4. The summed E-state index contributed by atoms with van der Waals surface area (Å²) in [7, 11) is 2.75. The van der Waals surface area contributed by atoms with E-state index < -0.39 is 33.5 Å². The number of nitrogens with one attached hydrogen (secondary N) is 1. The SMILES string of the molecule is COC(=O)[C@]1(c2cccc(F)c2C)C=C(C)CC1.COC(=O)[C@]1(c2cccc(F)c2C)C=C(c2ccc3nccnc3c2)CC1.Cc1c(F)cccc1[C@@]1(C(=O)NO)C=C(c2ccc3nccnc3c2)CC1.Cc1c(F)cccc1[C@@]1(C(=O)O)C=C(c2ccc3nccnc3c2)CC1. The van der Waals surface area contributed by atoms with Gasteiger partial charge in [-0.25, -0.2) is 23.0 Å². The molecule has 0 fully saturated rings. The maximum atomic E-state index is 14.2. The molecule has 4 atom stereocenters. The van der Waals surface area contributed by atoms with Crippen LogP contribution < -0.4 is 5.48 Å². The van der Waals surface area contributed by atoms with Crippen LogP contribution in [0.1, 0.15) is 119 Å². The second-order valence-corrected chi connectivity index (χ2v) is 25.0.